The fourth-order valence-electron chi connectivity index (χ4n) is 4.68. The molecular weight excluding hydrogens is 513 g/mol. The van der Waals surface area contributed by atoms with E-state index in [9.17, 15) is 4.79 Å². The highest BCUT2D eigenvalue weighted by atomic mass is 127. The smallest absolute Gasteiger partial charge is 0.241 e. The van der Waals surface area contributed by atoms with Gasteiger partial charge in [-0.15, -0.1) is 24.0 Å². The second-order valence-electron chi connectivity index (χ2n) is 9.05. The molecule has 1 aromatic carbocycles. The molecule has 2 heterocycles. The van der Waals surface area contributed by atoms with Gasteiger partial charge in [-0.05, 0) is 56.6 Å². The number of unbranched alkanes of at least 4 members (excludes halogenated alkanes) is 1. The van der Waals surface area contributed by atoms with Crippen molar-refractivity contribution in [2.75, 3.05) is 46.3 Å². The van der Waals surface area contributed by atoms with Crippen LogP contribution in [0.2, 0.25) is 0 Å². The normalized spacial score (nSPS) is 18.8. The summed E-state index contributed by atoms with van der Waals surface area (Å²) in [4.78, 5) is 21.6. The van der Waals surface area contributed by atoms with Crippen LogP contribution in [0.4, 0.5) is 0 Å². The molecule has 0 aliphatic carbocycles. The lowest BCUT2D eigenvalue weighted by molar-refractivity contribution is -0.131. The third-order valence-corrected chi connectivity index (χ3v) is 6.72. The summed E-state index contributed by atoms with van der Waals surface area (Å²) in [5.41, 5.74) is 1.40. The molecule has 2 saturated heterocycles. The van der Waals surface area contributed by atoms with Crippen molar-refractivity contribution in [3.8, 4) is 0 Å². The standard InChI is InChI=1S/C25H41N5O.HI/c1-3-4-14-29-15-12-23(13-16-29)28-25(26-2)27-20-24(31)30-17-10-22(11-18-30)19-21-8-6-5-7-9-21;/h5-9,22-23H,3-4,10-20H2,1-2H3,(H2,26,27,28);1H. The number of hydrogen-bond donors (Lipinski definition) is 2. The van der Waals surface area contributed by atoms with Crippen molar-refractivity contribution < 1.29 is 4.79 Å². The van der Waals surface area contributed by atoms with E-state index in [4.69, 9.17) is 0 Å². The predicted molar refractivity (Wildman–Crippen MR) is 144 cm³/mol. The lowest BCUT2D eigenvalue weighted by Gasteiger charge is -2.34. The zero-order valence-corrected chi connectivity index (χ0v) is 22.2. The molecule has 0 unspecified atom stereocenters. The summed E-state index contributed by atoms with van der Waals surface area (Å²) in [6, 6.07) is 11.1. The fraction of sp³-hybridized carbons (Fsp3) is 0.680. The number of aliphatic imine (C=N–C) groups is 1. The van der Waals surface area contributed by atoms with Crippen LogP contribution in [0.15, 0.2) is 35.3 Å². The molecule has 3 rings (SSSR count). The first-order chi connectivity index (χ1) is 15.2. The summed E-state index contributed by atoms with van der Waals surface area (Å²) in [5, 5.41) is 6.76. The van der Waals surface area contributed by atoms with Gasteiger partial charge in [0.1, 0.15) is 0 Å². The Labute approximate surface area is 211 Å². The number of guanidine groups is 1. The highest BCUT2D eigenvalue weighted by molar-refractivity contribution is 14.0. The van der Waals surface area contributed by atoms with Crippen LogP contribution in [0.5, 0.6) is 0 Å². The van der Waals surface area contributed by atoms with Gasteiger partial charge in [0.05, 0.1) is 6.54 Å². The lowest BCUT2D eigenvalue weighted by atomic mass is 9.90. The number of halogens is 1. The first-order valence-electron chi connectivity index (χ1n) is 12.2. The Bertz CT molecular complexity index is 683. The van der Waals surface area contributed by atoms with Gasteiger partial charge in [0.25, 0.3) is 0 Å². The highest BCUT2D eigenvalue weighted by Crippen LogP contribution is 2.21. The van der Waals surface area contributed by atoms with Crippen LogP contribution in [-0.2, 0) is 11.2 Å². The maximum atomic E-state index is 12.7. The zero-order chi connectivity index (χ0) is 21.9. The number of carbonyl (C=O) groups excluding carboxylic acids is 1. The van der Waals surface area contributed by atoms with E-state index in [1.807, 2.05) is 4.90 Å². The Hall–Kier alpha value is -1.35. The van der Waals surface area contributed by atoms with E-state index in [1.165, 1.54) is 24.9 Å². The maximum absolute atomic E-state index is 12.7. The van der Waals surface area contributed by atoms with Gasteiger partial charge >= 0.3 is 0 Å². The summed E-state index contributed by atoms with van der Waals surface area (Å²) < 4.78 is 0. The molecule has 2 aliphatic heterocycles. The van der Waals surface area contributed by atoms with Crippen molar-refractivity contribution in [3.05, 3.63) is 35.9 Å². The minimum Gasteiger partial charge on any atom is -0.354 e. The molecule has 6 nitrogen and oxygen atoms in total. The van der Waals surface area contributed by atoms with Crippen molar-refractivity contribution in [2.45, 2.75) is 57.9 Å². The Morgan fingerprint density at radius 2 is 1.75 bits per heavy atom. The fourth-order valence-corrected chi connectivity index (χ4v) is 4.68. The lowest BCUT2D eigenvalue weighted by Crippen LogP contribution is -2.51. The molecule has 32 heavy (non-hydrogen) atoms. The second-order valence-corrected chi connectivity index (χ2v) is 9.05. The van der Waals surface area contributed by atoms with Gasteiger partial charge < -0.3 is 20.4 Å². The van der Waals surface area contributed by atoms with Crippen molar-refractivity contribution >= 4 is 35.8 Å². The summed E-state index contributed by atoms with van der Waals surface area (Å²) >= 11 is 0. The van der Waals surface area contributed by atoms with Crippen molar-refractivity contribution in [1.82, 2.24) is 20.4 Å². The molecule has 0 spiro atoms. The van der Waals surface area contributed by atoms with Gasteiger partial charge in [-0.3, -0.25) is 9.79 Å². The largest absolute Gasteiger partial charge is 0.354 e. The van der Waals surface area contributed by atoms with Crippen LogP contribution in [0, 0.1) is 5.92 Å². The van der Waals surface area contributed by atoms with Gasteiger partial charge in [-0.1, -0.05) is 43.7 Å². The van der Waals surface area contributed by atoms with E-state index in [-0.39, 0.29) is 29.9 Å². The summed E-state index contributed by atoms with van der Waals surface area (Å²) in [6.07, 6.45) is 8.10. The molecule has 2 N–H and O–H groups in total. The van der Waals surface area contributed by atoms with Crippen LogP contribution in [0.3, 0.4) is 0 Å². The first-order valence-corrected chi connectivity index (χ1v) is 12.2. The Kier molecular flexibility index (Phi) is 12.4. The van der Waals surface area contributed by atoms with Crippen LogP contribution in [0.1, 0.15) is 51.0 Å². The molecule has 0 atom stereocenters. The minimum absolute atomic E-state index is 0. The maximum Gasteiger partial charge on any atom is 0.241 e. The number of nitrogens with one attached hydrogen (secondary N) is 2. The quantitative estimate of drug-likeness (QED) is 0.293. The van der Waals surface area contributed by atoms with E-state index in [0.29, 0.717) is 18.5 Å². The summed E-state index contributed by atoms with van der Waals surface area (Å²) in [7, 11) is 1.78. The van der Waals surface area contributed by atoms with Crippen molar-refractivity contribution in [3.63, 3.8) is 0 Å². The molecule has 7 heteroatoms. The van der Waals surface area contributed by atoms with Gasteiger partial charge in [0, 0.05) is 39.3 Å². The second kappa shape index (κ2) is 14.7. The van der Waals surface area contributed by atoms with Gasteiger partial charge in [0.2, 0.25) is 5.91 Å². The van der Waals surface area contributed by atoms with Crippen LogP contribution in [0.25, 0.3) is 0 Å². The van der Waals surface area contributed by atoms with E-state index in [1.54, 1.807) is 7.05 Å². The number of hydrogen-bond acceptors (Lipinski definition) is 3. The number of rotatable bonds is 8. The van der Waals surface area contributed by atoms with Crippen LogP contribution < -0.4 is 10.6 Å². The number of benzene rings is 1. The molecule has 2 aliphatic rings. The van der Waals surface area contributed by atoms with Crippen LogP contribution >= 0.6 is 24.0 Å². The predicted octanol–water partition coefficient (Wildman–Crippen LogP) is 3.52. The average molecular weight is 556 g/mol. The minimum atomic E-state index is 0. The molecule has 0 saturated carbocycles. The molecule has 1 aromatic rings. The molecule has 0 bridgehead atoms. The molecule has 1 amide bonds. The van der Waals surface area contributed by atoms with Crippen molar-refractivity contribution in [1.29, 1.82) is 0 Å². The number of piperidine rings is 2. The van der Waals surface area contributed by atoms with E-state index in [0.717, 1.165) is 64.2 Å². The summed E-state index contributed by atoms with van der Waals surface area (Å²) in [5.74, 6) is 1.60. The monoisotopic (exact) mass is 555 g/mol. The van der Waals surface area contributed by atoms with Crippen LogP contribution in [-0.4, -0.2) is 74.0 Å². The van der Waals surface area contributed by atoms with Gasteiger partial charge in [-0.25, -0.2) is 0 Å². The number of amides is 1. The Morgan fingerprint density at radius 1 is 1.06 bits per heavy atom. The van der Waals surface area contributed by atoms with E-state index in [2.05, 4.69) is 57.8 Å². The third kappa shape index (κ3) is 8.89. The molecule has 0 radical (unpaired) electrons. The number of carbonyl (C=O) groups is 1. The topological polar surface area (TPSA) is 60.0 Å². The van der Waals surface area contributed by atoms with E-state index >= 15 is 0 Å². The molecule has 0 aromatic heterocycles. The summed E-state index contributed by atoms with van der Waals surface area (Å²) in [6.45, 7) is 7.79. The van der Waals surface area contributed by atoms with Gasteiger partial charge in [0.15, 0.2) is 5.96 Å². The number of likely N-dealkylation sites (tertiary alicyclic amines) is 2. The Morgan fingerprint density at radius 3 is 2.38 bits per heavy atom. The molecule has 2 fully saturated rings. The highest BCUT2D eigenvalue weighted by Gasteiger charge is 2.24. The molecule has 180 valence electrons. The van der Waals surface area contributed by atoms with E-state index < -0.39 is 0 Å². The van der Waals surface area contributed by atoms with Crippen molar-refractivity contribution in [2.24, 2.45) is 10.9 Å². The molecular formula is C25H42IN5O. The third-order valence-electron chi connectivity index (χ3n) is 6.72. The number of nitrogens with zero attached hydrogens (tertiary/aromatic N) is 3. The average Bonchev–Trinajstić information content (AvgIpc) is 2.82. The Balaban J connectivity index is 0.00000363. The first kappa shape index (κ1) is 26.9. The SMILES string of the molecule is CCCCN1CCC(NC(=NC)NCC(=O)N2CCC(Cc3ccccc3)CC2)CC1.I. The van der Waals surface area contributed by atoms with Gasteiger partial charge in [-0.2, -0.15) is 0 Å². The zero-order valence-electron chi connectivity index (χ0n) is 19.9.